The van der Waals surface area contributed by atoms with Crippen molar-refractivity contribution in [2.75, 3.05) is 0 Å². The average molecular weight is 233 g/mol. The van der Waals surface area contributed by atoms with Gasteiger partial charge < -0.3 is 10.1 Å². The Kier molecular flexibility index (Phi) is 2.18. The zero-order valence-corrected chi connectivity index (χ0v) is 9.16. The highest BCUT2D eigenvalue weighted by Gasteiger charge is 2.23. The van der Waals surface area contributed by atoms with Crippen molar-refractivity contribution in [1.82, 2.24) is 4.98 Å². The van der Waals surface area contributed by atoms with E-state index in [2.05, 4.69) is 4.98 Å². The fraction of sp³-hybridized carbons (Fsp3) is 0.308. The fourth-order valence-corrected chi connectivity index (χ4v) is 2.58. The van der Waals surface area contributed by atoms with Crippen molar-refractivity contribution in [1.29, 1.82) is 0 Å². The molecule has 1 aromatic carbocycles. The molecule has 0 bridgehead atoms. The summed E-state index contributed by atoms with van der Waals surface area (Å²) >= 11 is 0. The van der Waals surface area contributed by atoms with Gasteiger partial charge in [0.1, 0.15) is 6.17 Å². The highest BCUT2D eigenvalue weighted by atomic mass is 19.1. The Morgan fingerprint density at radius 2 is 2.29 bits per heavy atom. The first kappa shape index (κ1) is 10.3. The van der Waals surface area contributed by atoms with Crippen LogP contribution in [0.15, 0.2) is 18.2 Å². The smallest absolute Gasteiger partial charge is 0.337 e. The topological polar surface area (TPSA) is 53.1 Å². The molecule has 3 rings (SSSR count). The summed E-state index contributed by atoms with van der Waals surface area (Å²) in [5.41, 5.74) is 2.82. The van der Waals surface area contributed by atoms with Gasteiger partial charge in [-0.1, -0.05) is 12.1 Å². The number of nitrogens with one attached hydrogen (secondary N) is 1. The van der Waals surface area contributed by atoms with Crippen LogP contribution in [0.3, 0.4) is 0 Å². The maximum Gasteiger partial charge on any atom is 0.337 e. The molecule has 1 heterocycles. The average Bonchev–Trinajstić information content (AvgIpc) is 2.66. The van der Waals surface area contributed by atoms with Gasteiger partial charge in [0.2, 0.25) is 0 Å². The second-order valence-corrected chi connectivity index (χ2v) is 4.46. The molecule has 0 saturated heterocycles. The van der Waals surface area contributed by atoms with Crippen molar-refractivity contribution in [3.05, 3.63) is 35.0 Å². The number of H-pyrrole nitrogens is 1. The quantitative estimate of drug-likeness (QED) is 0.795. The molecule has 0 fully saturated rings. The van der Waals surface area contributed by atoms with Crippen molar-refractivity contribution in [2.45, 2.75) is 25.4 Å². The van der Waals surface area contributed by atoms with Crippen LogP contribution in [0.4, 0.5) is 4.39 Å². The predicted molar refractivity (Wildman–Crippen MR) is 62.2 cm³/mol. The first-order chi connectivity index (χ1) is 8.16. The molecule has 0 saturated carbocycles. The molecule has 1 atom stereocenters. The van der Waals surface area contributed by atoms with Gasteiger partial charge in [0.05, 0.1) is 11.1 Å². The summed E-state index contributed by atoms with van der Waals surface area (Å²) in [6.45, 7) is 0. The van der Waals surface area contributed by atoms with E-state index in [0.29, 0.717) is 24.8 Å². The van der Waals surface area contributed by atoms with Crippen LogP contribution < -0.4 is 0 Å². The summed E-state index contributed by atoms with van der Waals surface area (Å²) < 4.78 is 13.4. The van der Waals surface area contributed by atoms with E-state index in [-0.39, 0.29) is 5.56 Å². The number of benzene rings is 1. The minimum Gasteiger partial charge on any atom is -0.478 e. The second-order valence-electron chi connectivity index (χ2n) is 4.46. The lowest BCUT2D eigenvalue weighted by Gasteiger charge is -2.15. The molecule has 4 heteroatoms. The predicted octanol–water partition coefficient (Wildman–Crippen LogP) is 2.69. The highest BCUT2D eigenvalue weighted by Crippen LogP contribution is 2.31. The lowest BCUT2D eigenvalue weighted by molar-refractivity contribution is 0.0699. The molecule has 17 heavy (non-hydrogen) atoms. The first-order valence-electron chi connectivity index (χ1n) is 5.66. The number of alkyl halides is 1. The summed E-state index contributed by atoms with van der Waals surface area (Å²) in [6.07, 6.45) is 0.750. The van der Waals surface area contributed by atoms with E-state index >= 15 is 0 Å². The van der Waals surface area contributed by atoms with Crippen molar-refractivity contribution in [2.24, 2.45) is 0 Å². The van der Waals surface area contributed by atoms with Gasteiger partial charge in [0.15, 0.2) is 0 Å². The van der Waals surface area contributed by atoms with E-state index in [0.717, 1.165) is 16.6 Å². The van der Waals surface area contributed by atoms with Crippen molar-refractivity contribution in [3.8, 4) is 0 Å². The van der Waals surface area contributed by atoms with Crippen molar-refractivity contribution < 1.29 is 14.3 Å². The lowest BCUT2D eigenvalue weighted by atomic mass is 9.94. The molecule has 0 amide bonds. The third-order valence-corrected chi connectivity index (χ3v) is 3.39. The van der Waals surface area contributed by atoms with Crippen molar-refractivity contribution in [3.63, 3.8) is 0 Å². The summed E-state index contributed by atoms with van der Waals surface area (Å²) in [4.78, 5) is 14.2. The molecule has 0 radical (unpaired) electrons. The monoisotopic (exact) mass is 233 g/mol. The number of aromatic carboxylic acids is 1. The Morgan fingerprint density at radius 3 is 3.06 bits per heavy atom. The van der Waals surface area contributed by atoms with Crippen molar-refractivity contribution >= 4 is 16.9 Å². The van der Waals surface area contributed by atoms with E-state index in [1.807, 2.05) is 6.07 Å². The van der Waals surface area contributed by atoms with E-state index in [1.165, 1.54) is 0 Å². The maximum atomic E-state index is 13.4. The number of aryl methyl sites for hydroxylation is 1. The van der Waals surface area contributed by atoms with Gasteiger partial charge in [0.25, 0.3) is 0 Å². The van der Waals surface area contributed by atoms with E-state index in [9.17, 15) is 9.18 Å². The van der Waals surface area contributed by atoms with Gasteiger partial charge in [0, 0.05) is 17.5 Å². The molecule has 2 N–H and O–H groups in total. The van der Waals surface area contributed by atoms with Gasteiger partial charge in [-0.2, -0.15) is 0 Å². The summed E-state index contributed by atoms with van der Waals surface area (Å²) in [6, 6.07) is 5.14. The van der Waals surface area contributed by atoms with Crippen LogP contribution >= 0.6 is 0 Å². The minimum atomic E-state index is -0.953. The van der Waals surface area contributed by atoms with E-state index < -0.39 is 12.1 Å². The number of fused-ring (bicyclic) bond motifs is 3. The Hall–Kier alpha value is -1.84. The van der Waals surface area contributed by atoms with Crippen LogP contribution in [0, 0.1) is 0 Å². The minimum absolute atomic E-state index is 0.257. The molecule has 1 unspecified atom stereocenters. The fourth-order valence-electron chi connectivity index (χ4n) is 2.58. The second kappa shape index (κ2) is 3.58. The number of hydrogen-bond donors (Lipinski definition) is 2. The Morgan fingerprint density at radius 1 is 1.47 bits per heavy atom. The molecular formula is C13H12FNO2. The molecule has 1 aromatic heterocycles. The number of hydrogen-bond acceptors (Lipinski definition) is 1. The van der Waals surface area contributed by atoms with Gasteiger partial charge >= 0.3 is 5.97 Å². The van der Waals surface area contributed by atoms with E-state index in [1.54, 1.807) is 12.1 Å². The summed E-state index contributed by atoms with van der Waals surface area (Å²) in [5, 5.41) is 9.95. The molecule has 1 aliphatic carbocycles. The molecule has 3 nitrogen and oxygen atoms in total. The number of aromatic nitrogens is 1. The molecule has 2 aromatic rings. The van der Waals surface area contributed by atoms with Crippen LogP contribution in [0.5, 0.6) is 0 Å². The lowest BCUT2D eigenvalue weighted by Crippen LogP contribution is -2.13. The Labute approximate surface area is 97.3 Å². The van der Waals surface area contributed by atoms with E-state index in [4.69, 9.17) is 5.11 Å². The van der Waals surface area contributed by atoms with Gasteiger partial charge in [-0.25, -0.2) is 9.18 Å². The number of carbonyl (C=O) groups is 1. The van der Waals surface area contributed by atoms with Crippen LogP contribution in [0.25, 0.3) is 10.9 Å². The Balaban J connectivity index is 2.28. The van der Waals surface area contributed by atoms with Gasteiger partial charge in [-0.05, 0) is 24.5 Å². The SMILES string of the molecule is O=C(O)c1cccc2c3c([nH]c12)CCC(F)C3. The van der Waals surface area contributed by atoms with Crippen LogP contribution in [-0.2, 0) is 12.8 Å². The molecule has 0 aliphatic heterocycles. The van der Waals surface area contributed by atoms with Gasteiger partial charge in [-0.15, -0.1) is 0 Å². The highest BCUT2D eigenvalue weighted by molar-refractivity contribution is 6.03. The zero-order chi connectivity index (χ0) is 12.0. The zero-order valence-electron chi connectivity index (χ0n) is 9.16. The number of halogens is 1. The normalized spacial score (nSPS) is 19.2. The van der Waals surface area contributed by atoms with Crippen LogP contribution in [0.2, 0.25) is 0 Å². The third kappa shape index (κ3) is 1.52. The van der Waals surface area contributed by atoms with Crippen LogP contribution in [-0.4, -0.2) is 22.2 Å². The van der Waals surface area contributed by atoms with Crippen LogP contribution in [0.1, 0.15) is 28.0 Å². The largest absolute Gasteiger partial charge is 0.478 e. The first-order valence-corrected chi connectivity index (χ1v) is 5.66. The number of carboxylic acids is 1. The summed E-state index contributed by atoms with van der Waals surface area (Å²) in [5.74, 6) is -0.953. The molecular weight excluding hydrogens is 221 g/mol. The third-order valence-electron chi connectivity index (χ3n) is 3.39. The maximum absolute atomic E-state index is 13.4. The van der Waals surface area contributed by atoms with Gasteiger partial charge in [-0.3, -0.25) is 0 Å². The standard InChI is InChI=1S/C13H12FNO2/c14-7-4-5-11-10(6-7)8-2-1-3-9(13(16)17)12(8)15-11/h1-3,7,15H,4-6H2,(H,16,17). The summed E-state index contributed by atoms with van der Waals surface area (Å²) in [7, 11) is 0. The molecule has 88 valence electrons. The number of para-hydroxylation sites is 1. The molecule has 1 aliphatic rings. The number of rotatable bonds is 1. The number of aromatic amines is 1. The molecule has 0 spiro atoms. The Bertz CT molecular complexity index is 603. The number of carboxylic acid groups (broad SMARTS) is 1.